The minimum atomic E-state index is -0.341. The van der Waals surface area contributed by atoms with Crippen molar-refractivity contribution in [2.45, 2.75) is 13.3 Å². The number of rotatable bonds is 7. The smallest absolute Gasteiger partial charge is 0.271 e. The Morgan fingerprint density at radius 3 is 2.62 bits per heavy atom. The van der Waals surface area contributed by atoms with E-state index < -0.39 is 0 Å². The van der Waals surface area contributed by atoms with Crippen molar-refractivity contribution in [3.05, 3.63) is 70.5 Å². The van der Waals surface area contributed by atoms with Crippen LogP contribution >= 0.6 is 15.9 Å². The summed E-state index contributed by atoms with van der Waals surface area (Å²) in [5.41, 5.74) is 2.77. The highest BCUT2D eigenvalue weighted by Crippen LogP contribution is 2.23. The summed E-state index contributed by atoms with van der Waals surface area (Å²) >= 11 is 3.34. The predicted octanol–water partition coefficient (Wildman–Crippen LogP) is 3.71. The van der Waals surface area contributed by atoms with Gasteiger partial charge in [-0.2, -0.15) is 5.10 Å². The van der Waals surface area contributed by atoms with Crippen molar-refractivity contribution in [2.75, 3.05) is 19.0 Å². The van der Waals surface area contributed by atoms with Crippen molar-refractivity contribution < 1.29 is 14.3 Å². The van der Waals surface area contributed by atoms with Crippen LogP contribution in [0, 0.1) is 6.92 Å². The fourth-order valence-corrected chi connectivity index (χ4v) is 2.96. The van der Waals surface area contributed by atoms with Gasteiger partial charge in [-0.05, 0) is 55.0 Å². The van der Waals surface area contributed by atoms with Gasteiger partial charge in [-0.1, -0.05) is 22.0 Å². The second kappa shape index (κ2) is 9.38. The van der Waals surface area contributed by atoms with E-state index in [0.29, 0.717) is 11.4 Å². The molecule has 3 aromatic rings. The van der Waals surface area contributed by atoms with Crippen LogP contribution in [0.4, 0.5) is 5.69 Å². The number of nitrogens with one attached hydrogen (secondary N) is 2. The van der Waals surface area contributed by atoms with Gasteiger partial charge >= 0.3 is 0 Å². The highest BCUT2D eigenvalue weighted by atomic mass is 79.9. The number of carbonyl (C=O) groups excluding carboxylic acids is 2. The Hall–Kier alpha value is -3.13. The number of carbonyl (C=O) groups is 2. The minimum absolute atomic E-state index is 0.161. The van der Waals surface area contributed by atoms with Gasteiger partial charge in [0, 0.05) is 29.3 Å². The van der Waals surface area contributed by atoms with Gasteiger partial charge in [0.25, 0.3) is 5.91 Å². The van der Waals surface area contributed by atoms with Gasteiger partial charge in [0.15, 0.2) is 5.69 Å². The van der Waals surface area contributed by atoms with Gasteiger partial charge < -0.3 is 15.4 Å². The molecule has 29 heavy (non-hydrogen) atoms. The average molecular weight is 457 g/mol. The Balaban J connectivity index is 1.55. The summed E-state index contributed by atoms with van der Waals surface area (Å²) < 4.78 is 7.90. The van der Waals surface area contributed by atoms with Crippen LogP contribution < -0.4 is 15.4 Å². The number of benzene rings is 2. The summed E-state index contributed by atoms with van der Waals surface area (Å²) in [6.45, 7) is 2.18. The third-order valence-corrected chi connectivity index (χ3v) is 4.70. The van der Waals surface area contributed by atoms with E-state index in [1.165, 1.54) is 0 Å². The number of methoxy groups -OCH3 is 1. The molecule has 0 saturated carbocycles. The van der Waals surface area contributed by atoms with Gasteiger partial charge in [0.05, 0.1) is 7.11 Å². The maximum Gasteiger partial charge on any atom is 0.271 e. The predicted molar refractivity (Wildman–Crippen MR) is 115 cm³/mol. The number of halogens is 1. The van der Waals surface area contributed by atoms with E-state index in [9.17, 15) is 9.59 Å². The Morgan fingerprint density at radius 2 is 1.90 bits per heavy atom. The minimum Gasteiger partial charge on any atom is -0.494 e. The van der Waals surface area contributed by atoms with Crippen LogP contribution in [0.1, 0.15) is 22.5 Å². The summed E-state index contributed by atoms with van der Waals surface area (Å²) in [4.78, 5) is 24.3. The first-order valence-corrected chi connectivity index (χ1v) is 9.80. The molecule has 2 amide bonds. The topological polar surface area (TPSA) is 85.2 Å². The molecule has 0 aliphatic rings. The summed E-state index contributed by atoms with van der Waals surface area (Å²) in [5.74, 6) is 0.143. The molecule has 0 radical (unpaired) electrons. The number of anilines is 1. The normalized spacial score (nSPS) is 10.4. The van der Waals surface area contributed by atoms with E-state index >= 15 is 0 Å². The monoisotopic (exact) mass is 456 g/mol. The molecule has 1 aromatic heterocycles. The van der Waals surface area contributed by atoms with Gasteiger partial charge in [-0.15, -0.1) is 0 Å². The molecule has 2 aromatic carbocycles. The molecule has 0 fully saturated rings. The van der Waals surface area contributed by atoms with Crippen LogP contribution in [0.15, 0.2) is 59.2 Å². The molecule has 2 N–H and O–H groups in total. The zero-order chi connectivity index (χ0) is 20.8. The van der Waals surface area contributed by atoms with Crippen molar-refractivity contribution in [3.63, 3.8) is 0 Å². The lowest BCUT2D eigenvalue weighted by molar-refractivity contribution is -0.116. The first kappa shape index (κ1) is 20.6. The van der Waals surface area contributed by atoms with Crippen LogP contribution in [-0.4, -0.2) is 35.2 Å². The largest absolute Gasteiger partial charge is 0.494 e. The van der Waals surface area contributed by atoms with Gasteiger partial charge in [0.2, 0.25) is 5.91 Å². The van der Waals surface area contributed by atoms with Crippen molar-refractivity contribution in [1.29, 1.82) is 0 Å². The molecule has 3 rings (SSSR count). The lowest BCUT2D eigenvalue weighted by atomic mass is 10.2. The van der Waals surface area contributed by atoms with Crippen molar-refractivity contribution in [3.8, 4) is 11.4 Å². The quantitative estimate of drug-likeness (QED) is 0.567. The van der Waals surface area contributed by atoms with E-state index in [4.69, 9.17) is 4.74 Å². The van der Waals surface area contributed by atoms with Gasteiger partial charge in [-0.25, -0.2) is 4.68 Å². The third kappa shape index (κ3) is 5.45. The summed E-state index contributed by atoms with van der Waals surface area (Å²) in [6, 6.07) is 14.6. The Morgan fingerprint density at radius 1 is 1.14 bits per heavy atom. The maximum atomic E-state index is 12.3. The molecular formula is C21H21BrN4O3. The van der Waals surface area contributed by atoms with Gasteiger partial charge in [0.1, 0.15) is 11.4 Å². The van der Waals surface area contributed by atoms with Crippen LogP contribution in [0.25, 0.3) is 5.69 Å². The van der Waals surface area contributed by atoms with E-state index in [0.717, 1.165) is 15.7 Å². The molecule has 1 heterocycles. The molecule has 0 bridgehead atoms. The second-order valence-corrected chi connectivity index (χ2v) is 7.30. The lowest BCUT2D eigenvalue weighted by Gasteiger charge is -2.09. The molecular weight excluding hydrogens is 436 g/mol. The number of hydrogen-bond donors (Lipinski definition) is 2. The van der Waals surface area contributed by atoms with E-state index in [1.807, 2.05) is 37.3 Å². The zero-order valence-corrected chi connectivity index (χ0v) is 17.7. The van der Waals surface area contributed by atoms with E-state index in [1.54, 1.807) is 36.2 Å². The number of amides is 2. The second-order valence-electron chi connectivity index (χ2n) is 6.38. The summed E-state index contributed by atoms with van der Waals surface area (Å²) in [6.07, 6.45) is 1.86. The molecule has 0 unspecified atom stereocenters. The van der Waals surface area contributed by atoms with E-state index in [-0.39, 0.29) is 30.5 Å². The molecule has 0 atom stereocenters. The maximum absolute atomic E-state index is 12.3. The molecule has 0 spiro atoms. The van der Waals surface area contributed by atoms with Gasteiger partial charge in [-0.3, -0.25) is 9.59 Å². The SMILES string of the molecule is COc1ccc(C)cc1-n1ccc(C(=O)NCCC(=O)Nc2ccc(Br)cc2)n1. The molecule has 7 nitrogen and oxygen atoms in total. The lowest BCUT2D eigenvalue weighted by Crippen LogP contribution is -2.28. The molecule has 0 saturated heterocycles. The first-order chi connectivity index (χ1) is 14.0. The number of ether oxygens (including phenoxy) is 1. The fraction of sp³-hybridized carbons (Fsp3) is 0.190. The van der Waals surface area contributed by atoms with Crippen LogP contribution in [0.3, 0.4) is 0 Å². The van der Waals surface area contributed by atoms with Crippen LogP contribution in [-0.2, 0) is 4.79 Å². The number of aryl methyl sites for hydroxylation is 1. The molecule has 150 valence electrons. The third-order valence-electron chi connectivity index (χ3n) is 4.17. The van der Waals surface area contributed by atoms with E-state index in [2.05, 4.69) is 31.7 Å². The Bertz CT molecular complexity index is 1020. The molecule has 0 aliphatic heterocycles. The average Bonchev–Trinajstić information content (AvgIpc) is 3.20. The first-order valence-electron chi connectivity index (χ1n) is 9.00. The Kier molecular flexibility index (Phi) is 6.66. The van der Waals surface area contributed by atoms with Crippen LogP contribution in [0.5, 0.6) is 5.75 Å². The van der Waals surface area contributed by atoms with Crippen LogP contribution in [0.2, 0.25) is 0 Å². The highest BCUT2D eigenvalue weighted by Gasteiger charge is 2.13. The van der Waals surface area contributed by atoms with Crippen molar-refractivity contribution in [2.24, 2.45) is 0 Å². The summed E-state index contributed by atoms with van der Waals surface area (Å²) in [5, 5.41) is 9.82. The summed E-state index contributed by atoms with van der Waals surface area (Å²) in [7, 11) is 1.59. The highest BCUT2D eigenvalue weighted by molar-refractivity contribution is 9.10. The Labute approximate surface area is 177 Å². The standard InChI is InChI=1S/C21H21BrN4O3/c1-14-3-8-19(29-2)18(13-14)26-12-10-17(25-26)21(28)23-11-9-20(27)24-16-6-4-15(22)5-7-16/h3-8,10,12-13H,9,11H2,1-2H3,(H,23,28)(H,24,27). The molecule has 8 heteroatoms. The zero-order valence-electron chi connectivity index (χ0n) is 16.1. The number of aromatic nitrogens is 2. The number of hydrogen-bond acceptors (Lipinski definition) is 4. The van der Waals surface area contributed by atoms with Crippen molar-refractivity contribution >= 4 is 33.4 Å². The van der Waals surface area contributed by atoms with Crippen molar-refractivity contribution in [1.82, 2.24) is 15.1 Å². The fourth-order valence-electron chi connectivity index (χ4n) is 2.70. The molecule has 0 aliphatic carbocycles. The number of nitrogens with zero attached hydrogens (tertiary/aromatic N) is 2.